The third kappa shape index (κ3) is 5.72. The van der Waals surface area contributed by atoms with Crippen LogP contribution in [0.4, 0.5) is 5.69 Å². The molecule has 0 unspecified atom stereocenters. The molecule has 3 aromatic rings. The number of anilines is 1. The first kappa shape index (κ1) is 25.3. The number of hydrogen-bond donors (Lipinski definition) is 0. The molecule has 0 N–H and O–H groups in total. The lowest BCUT2D eigenvalue weighted by molar-refractivity contribution is 0.301. The molecule has 0 atom stereocenters. The number of hydrogen-bond acceptors (Lipinski definition) is 5. The molecule has 1 fully saturated rings. The van der Waals surface area contributed by atoms with Crippen molar-refractivity contribution in [2.45, 2.75) is 72.3 Å². The summed E-state index contributed by atoms with van der Waals surface area (Å²) in [5, 5.41) is 3.94. The van der Waals surface area contributed by atoms with Crippen molar-refractivity contribution in [2.24, 2.45) is 11.8 Å². The van der Waals surface area contributed by atoms with E-state index in [9.17, 15) is 8.42 Å². The van der Waals surface area contributed by atoms with Gasteiger partial charge in [-0.25, -0.2) is 8.42 Å². The Morgan fingerprint density at radius 3 is 2.20 bits per heavy atom. The number of ether oxygens (including phenoxy) is 1. The second-order valence-corrected chi connectivity index (χ2v) is 12.1. The molecule has 188 valence electrons. The molecule has 7 heteroatoms. The molecule has 1 heterocycles. The van der Waals surface area contributed by atoms with Crippen molar-refractivity contribution >= 4 is 15.7 Å². The molecule has 2 aromatic carbocycles. The second-order valence-electron chi connectivity index (χ2n) is 10.2. The summed E-state index contributed by atoms with van der Waals surface area (Å²) in [6, 6.07) is 11.0. The number of benzene rings is 2. The predicted molar refractivity (Wildman–Crippen MR) is 138 cm³/mol. The fourth-order valence-electron chi connectivity index (χ4n) is 4.55. The highest BCUT2D eigenvalue weighted by Crippen LogP contribution is 2.36. The first-order chi connectivity index (χ1) is 16.6. The zero-order chi connectivity index (χ0) is 25.3. The van der Waals surface area contributed by atoms with Crippen molar-refractivity contribution < 1.29 is 17.7 Å². The van der Waals surface area contributed by atoms with Crippen LogP contribution in [0, 0.1) is 39.5 Å². The number of nitrogens with zero attached hydrogens (tertiary/aromatic N) is 2. The molecule has 1 aromatic heterocycles. The molecule has 0 radical (unpaired) electrons. The van der Waals surface area contributed by atoms with Gasteiger partial charge < -0.3 is 9.26 Å². The normalized spacial score (nSPS) is 13.9. The third-order valence-corrected chi connectivity index (χ3v) is 8.31. The predicted octanol–water partition coefficient (Wildman–Crippen LogP) is 6.29. The molecule has 0 aliphatic heterocycles. The van der Waals surface area contributed by atoms with Crippen LogP contribution in [0.25, 0.3) is 0 Å². The number of aryl methyl sites for hydroxylation is 4. The van der Waals surface area contributed by atoms with E-state index < -0.39 is 10.0 Å². The average molecular weight is 497 g/mol. The minimum Gasteiger partial charge on any atom is -0.489 e. The Bertz CT molecular complexity index is 1250. The van der Waals surface area contributed by atoms with E-state index in [-0.39, 0.29) is 10.8 Å². The van der Waals surface area contributed by atoms with Crippen LogP contribution in [0.5, 0.6) is 5.75 Å². The first-order valence-electron chi connectivity index (χ1n) is 12.3. The Balaban J connectivity index is 1.59. The topological polar surface area (TPSA) is 72.6 Å². The fraction of sp³-hybridized carbons (Fsp3) is 0.464. The minimum atomic E-state index is -3.75. The van der Waals surface area contributed by atoms with E-state index in [4.69, 9.17) is 9.26 Å². The van der Waals surface area contributed by atoms with Gasteiger partial charge in [0.05, 0.1) is 21.8 Å². The summed E-state index contributed by atoms with van der Waals surface area (Å²) < 4.78 is 40.3. The summed E-state index contributed by atoms with van der Waals surface area (Å²) in [4.78, 5) is 0.253. The lowest BCUT2D eigenvalue weighted by atomic mass is 10.0. The van der Waals surface area contributed by atoms with E-state index in [1.54, 1.807) is 28.6 Å². The van der Waals surface area contributed by atoms with Gasteiger partial charge in [0.1, 0.15) is 18.1 Å². The second kappa shape index (κ2) is 10.1. The zero-order valence-electron chi connectivity index (χ0n) is 21.6. The maximum atomic E-state index is 13.9. The Morgan fingerprint density at radius 1 is 1.06 bits per heavy atom. The first-order valence-corrected chi connectivity index (χ1v) is 13.8. The summed E-state index contributed by atoms with van der Waals surface area (Å²) in [5.74, 6) is 2.27. The van der Waals surface area contributed by atoms with Crippen LogP contribution < -0.4 is 9.04 Å². The van der Waals surface area contributed by atoms with Gasteiger partial charge >= 0.3 is 0 Å². The summed E-state index contributed by atoms with van der Waals surface area (Å²) in [6.45, 7) is 12.6. The van der Waals surface area contributed by atoms with E-state index in [1.807, 2.05) is 41.5 Å². The van der Waals surface area contributed by atoms with Gasteiger partial charge in [0.25, 0.3) is 10.0 Å². The van der Waals surface area contributed by atoms with Crippen molar-refractivity contribution in [1.82, 2.24) is 5.16 Å². The van der Waals surface area contributed by atoms with Gasteiger partial charge in [-0.05, 0) is 99.7 Å². The molecule has 0 amide bonds. The van der Waals surface area contributed by atoms with Gasteiger partial charge in [0, 0.05) is 6.54 Å². The number of sulfonamides is 1. The quantitative estimate of drug-likeness (QED) is 0.330. The van der Waals surface area contributed by atoms with Crippen LogP contribution >= 0.6 is 0 Å². The molecule has 35 heavy (non-hydrogen) atoms. The zero-order valence-corrected chi connectivity index (χ0v) is 22.4. The maximum absolute atomic E-state index is 13.9. The van der Waals surface area contributed by atoms with Crippen molar-refractivity contribution in [2.75, 3.05) is 10.8 Å². The molecular weight excluding hydrogens is 460 g/mol. The minimum absolute atomic E-state index is 0.173. The van der Waals surface area contributed by atoms with E-state index in [1.165, 1.54) is 18.4 Å². The molecule has 1 aliphatic carbocycles. The maximum Gasteiger partial charge on any atom is 0.264 e. The van der Waals surface area contributed by atoms with E-state index in [0.29, 0.717) is 18.9 Å². The van der Waals surface area contributed by atoms with Crippen molar-refractivity contribution in [3.63, 3.8) is 0 Å². The molecule has 0 spiro atoms. The Morgan fingerprint density at radius 2 is 1.69 bits per heavy atom. The molecule has 6 nitrogen and oxygen atoms in total. The van der Waals surface area contributed by atoms with Gasteiger partial charge in [-0.15, -0.1) is 0 Å². The number of aromatic nitrogens is 1. The lowest BCUT2D eigenvalue weighted by Gasteiger charge is -2.29. The molecule has 1 aliphatic rings. The van der Waals surface area contributed by atoms with E-state index in [2.05, 4.69) is 17.3 Å². The van der Waals surface area contributed by atoms with Crippen LogP contribution in [0.3, 0.4) is 0 Å². The highest BCUT2D eigenvalue weighted by molar-refractivity contribution is 7.92. The number of rotatable bonds is 10. The SMILES string of the molecule is Cc1cc(CC2CC2)cc(C)c1N(CC(C)C)S(=O)(=O)c1ccc(OCc2c(C)noc2C)cc1. The molecular formula is C28H36N2O4S. The largest absolute Gasteiger partial charge is 0.489 e. The highest BCUT2D eigenvalue weighted by Gasteiger charge is 2.29. The third-order valence-electron chi connectivity index (χ3n) is 6.53. The highest BCUT2D eigenvalue weighted by atomic mass is 32.2. The smallest absolute Gasteiger partial charge is 0.264 e. The van der Waals surface area contributed by atoms with Gasteiger partial charge in [0.15, 0.2) is 0 Å². The van der Waals surface area contributed by atoms with Gasteiger partial charge in [-0.2, -0.15) is 0 Å². The average Bonchev–Trinajstić information content (AvgIpc) is 3.54. The molecule has 0 bridgehead atoms. The van der Waals surface area contributed by atoms with Crippen LogP contribution in [-0.2, 0) is 23.1 Å². The summed E-state index contributed by atoms with van der Waals surface area (Å²) in [7, 11) is -3.75. The van der Waals surface area contributed by atoms with Gasteiger partial charge in [0.2, 0.25) is 0 Å². The van der Waals surface area contributed by atoms with Crippen LogP contribution in [0.1, 0.15) is 60.4 Å². The molecule has 1 saturated carbocycles. The Hall–Kier alpha value is -2.80. The monoisotopic (exact) mass is 496 g/mol. The van der Waals surface area contributed by atoms with Crippen LogP contribution in [-0.4, -0.2) is 20.1 Å². The fourth-order valence-corrected chi connectivity index (χ4v) is 6.31. The van der Waals surface area contributed by atoms with Crippen molar-refractivity contribution in [1.29, 1.82) is 0 Å². The van der Waals surface area contributed by atoms with Crippen molar-refractivity contribution in [3.8, 4) is 5.75 Å². The summed E-state index contributed by atoms with van der Waals surface area (Å²) in [5.41, 5.74) is 5.79. The summed E-state index contributed by atoms with van der Waals surface area (Å²) in [6.07, 6.45) is 3.67. The lowest BCUT2D eigenvalue weighted by Crippen LogP contribution is -2.35. The van der Waals surface area contributed by atoms with E-state index in [0.717, 1.165) is 46.2 Å². The van der Waals surface area contributed by atoms with E-state index >= 15 is 0 Å². The van der Waals surface area contributed by atoms with Gasteiger partial charge in [-0.3, -0.25) is 4.31 Å². The summed E-state index contributed by atoms with van der Waals surface area (Å²) >= 11 is 0. The van der Waals surface area contributed by atoms with Crippen LogP contribution in [0.2, 0.25) is 0 Å². The van der Waals surface area contributed by atoms with Crippen LogP contribution in [0.15, 0.2) is 45.8 Å². The Kier molecular flexibility index (Phi) is 7.27. The Labute approximate surface area is 209 Å². The molecule has 0 saturated heterocycles. The van der Waals surface area contributed by atoms with Gasteiger partial charge in [-0.1, -0.05) is 31.1 Å². The standard InChI is InChI=1S/C28H36N2O4S/c1-18(2)16-30(28-19(3)13-24(14-20(28)4)15-23-7-8-23)35(31,32)26-11-9-25(10-12-26)33-17-27-21(5)29-34-22(27)6/h9-14,18,23H,7-8,15-17H2,1-6H3. The molecule has 4 rings (SSSR count). The van der Waals surface area contributed by atoms with Crippen molar-refractivity contribution in [3.05, 3.63) is 70.1 Å².